The molecular formula is C23H19N3O5S. The van der Waals surface area contributed by atoms with E-state index in [1.54, 1.807) is 31.3 Å². The van der Waals surface area contributed by atoms with Gasteiger partial charge in [0.15, 0.2) is 0 Å². The van der Waals surface area contributed by atoms with Crippen molar-refractivity contribution in [2.24, 2.45) is 4.99 Å². The van der Waals surface area contributed by atoms with Gasteiger partial charge in [0.05, 0.1) is 22.7 Å². The van der Waals surface area contributed by atoms with Crippen molar-refractivity contribution in [1.82, 2.24) is 4.57 Å². The lowest BCUT2D eigenvalue weighted by atomic mass is 10.1. The van der Waals surface area contributed by atoms with E-state index in [2.05, 4.69) is 10.3 Å². The quantitative estimate of drug-likeness (QED) is 0.558. The first-order valence-corrected chi connectivity index (χ1v) is 10.6. The van der Waals surface area contributed by atoms with Crippen LogP contribution in [0.5, 0.6) is 5.88 Å². The summed E-state index contributed by atoms with van der Waals surface area (Å²) in [5.41, 5.74) is 3.32. The van der Waals surface area contributed by atoms with E-state index in [1.807, 2.05) is 24.3 Å². The molecule has 32 heavy (non-hydrogen) atoms. The van der Waals surface area contributed by atoms with Crippen LogP contribution >= 0.6 is 11.3 Å². The van der Waals surface area contributed by atoms with Gasteiger partial charge in [-0.25, -0.2) is 4.79 Å². The molecule has 1 aliphatic rings. The van der Waals surface area contributed by atoms with Crippen molar-refractivity contribution in [2.45, 2.75) is 13.5 Å². The number of benzene rings is 2. The highest BCUT2D eigenvalue weighted by Crippen LogP contribution is 2.34. The molecule has 3 aromatic rings. The van der Waals surface area contributed by atoms with Gasteiger partial charge in [-0.05, 0) is 43.3 Å². The van der Waals surface area contributed by atoms with E-state index in [-0.39, 0.29) is 19.0 Å². The molecule has 0 aliphatic carbocycles. The van der Waals surface area contributed by atoms with E-state index in [1.165, 1.54) is 12.1 Å². The Kier molecular flexibility index (Phi) is 6.00. The van der Waals surface area contributed by atoms with Crippen molar-refractivity contribution < 1.29 is 19.4 Å². The van der Waals surface area contributed by atoms with Gasteiger partial charge in [-0.15, -0.1) is 0 Å². The van der Waals surface area contributed by atoms with Gasteiger partial charge in [0, 0.05) is 23.0 Å². The number of hydrogen-bond donors (Lipinski definition) is 2. The standard InChI is InChI=1S/C23H19N3O5S/c1-2-31-22(29)14-7-9-16(10-8-14)25-20(27)13-26-21(28)19(32-23(26)30)11-15-12-24-18-6-4-3-5-17(15)18/h3-12,28H,2,13H2,1H3,(H,25,27)/b15-11+. The first kappa shape index (κ1) is 21.3. The summed E-state index contributed by atoms with van der Waals surface area (Å²) in [4.78, 5) is 40.7. The molecule has 0 saturated heterocycles. The summed E-state index contributed by atoms with van der Waals surface area (Å²) in [7, 11) is 0. The summed E-state index contributed by atoms with van der Waals surface area (Å²) in [6.45, 7) is 1.64. The molecule has 0 atom stereocenters. The van der Waals surface area contributed by atoms with Crippen LogP contribution in [0.2, 0.25) is 0 Å². The van der Waals surface area contributed by atoms with Crippen molar-refractivity contribution in [1.29, 1.82) is 0 Å². The van der Waals surface area contributed by atoms with Crippen LogP contribution < -0.4 is 10.2 Å². The Balaban J connectivity index is 1.48. The number of esters is 1. The topological polar surface area (TPSA) is 110 Å². The molecule has 0 saturated carbocycles. The summed E-state index contributed by atoms with van der Waals surface area (Å²) < 4.78 is 5.93. The monoisotopic (exact) mass is 449 g/mol. The summed E-state index contributed by atoms with van der Waals surface area (Å²) in [6.07, 6.45) is 3.35. The third kappa shape index (κ3) is 4.37. The number of carbonyl (C=O) groups excluding carboxylic acids is 2. The molecule has 1 aromatic heterocycles. The molecular weight excluding hydrogens is 430 g/mol. The lowest BCUT2D eigenvalue weighted by Gasteiger charge is -2.07. The van der Waals surface area contributed by atoms with E-state index in [0.717, 1.165) is 32.7 Å². The van der Waals surface area contributed by atoms with Gasteiger partial charge in [-0.3, -0.25) is 19.1 Å². The zero-order valence-corrected chi connectivity index (χ0v) is 17.9. The van der Waals surface area contributed by atoms with Crippen LogP contribution in [0.1, 0.15) is 27.7 Å². The Labute approximate surface area is 187 Å². The second kappa shape index (κ2) is 9.03. The van der Waals surface area contributed by atoms with Gasteiger partial charge in [0.1, 0.15) is 6.54 Å². The molecule has 2 aromatic carbocycles. The van der Waals surface area contributed by atoms with Crippen molar-refractivity contribution >= 4 is 52.5 Å². The fraction of sp³-hybridized carbons (Fsp3) is 0.130. The number of allylic oxidation sites excluding steroid dienone is 1. The minimum atomic E-state index is -0.490. The molecule has 0 bridgehead atoms. The lowest BCUT2D eigenvalue weighted by molar-refractivity contribution is -0.116. The number of nitrogens with zero attached hydrogens (tertiary/aromatic N) is 2. The molecule has 1 amide bonds. The number of amides is 1. The zero-order valence-electron chi connectivity index (χ0n) is 17.1. The number of anilines is 1. The van der Waals surface area contributed by atoms with Crippen LogP contribution in [0, 0.1) is 0 Å². The minimum absolute atomic E-state index is 0.272. The Bertz CT molecular complexity index is 1300. The number of aromatic hydroxyl groups is 1. The third-order valence-electron chi connectivity index (χ3n) is 4.72. The number of carbonyl (C=O) groups is 2. The fourth-order valence-electron chi connectivity index (χ4n) is 3.19. The second-order valence-electron chi connectivity index (χ2n) is 6.86. The van der Waals surface area contributed by atoms with Crippen LogP contribution in [0.15, 0.2) is 58.3 Å². The number of thiazole rings is 1. The molecule has 0 unspecified atom stereocenters. The van der Waals surface area contributed by atoms with Gasteiger partial charge in [0.2, 0.25) is 11.8 Å². The van der Waals surface area contributed by atoms with Crippen LogP contribution in [0.4, 0.5) is 11.4 Å². The molecule has 8 nitrogen and oxygen atoms in total. The second-order valence-corrected chi connectivity index (χ2v) is 7.86. The van der Waals surface area contributed by atoms with E-state index >= 15 is 0 Å². The van der Waals surface area contributed by atoms with Gasteiger partial charge in [-0.1, -0.05) is 29.5 Å². The Morgan fingerprint density at radius 3 is 2.69 bits per heavy atom. The number of ether oxygens (including phenoxy) is 1. The highest BCUT2D eigenvalue weighted by Gasteiger charge is 2.18. The van der Waals surface area contributed by atoms with Crippen LogP contribution in [-0.4, -0.2) is 34.4 Å². The zero-order chi connectivity index (χ0) is 22.7. The number of fused-ring (bicyclic) bond motifs is 1. The first-order chi connectivity index (χ1) is 15.5. The maximum absolute atomic E-state index is 12.4. The van der Waals surface area contributed by atoms with E-state index in [0.29, 0.717) is 16.1 Å². The molecule has 0 fully saturated rings. The summed E-state index contributed by atoms with van der Waals surface area (Å²) in [5, 5.41) is 13.2. The molecule has 9 heteroatoms. The maximum Gasteiger partial charge on any atom is 0.338 e. The molecule has 1 aliphatic heterocycles. The number of aromatic nitrogens is 1. The van der Waals surface area contributed by atoms with Crippen molar-refractivity contribution in [3.8, 4) is 5.88 Å². The smallest absolute Gasteiger partial charge is 0.338 e. The average Bonchev–Trinajstić information content (AvgIpc) is 3.31. The molecule has 0 radical (unpaired) electrons. The number of nitrogens with one attached hydrogen (secondary N) is 1. The predicted octanol–water partition coefficient (Wildman–Crippen LogP) is 3.69. The number of rotatable bonds is 6. The first-order valence-electron chi connectivity index (χ1n) is 9.81. The van der Waals surface area contributed by atoms with E-state index in [4.69, 9.17) is 4.74 Å². The predicted molar refractivity (Wildman–Crippen MR) is 124 cm³/mol. The molecule has 162 valence electrons. The normalized spacial score (nSPS) is 13.2. The van der Waals surface area contributed by atoms with Crippen LogP contribution in [-0.2, 0) is 16.1 Å². The van der Waals surface area contributed by atoms with Crippen molar-refractivity contribution in [2.75, 3.05) is 11.9 Å². The van der Waals surface area contributed by atoms with Gasteiger partial charge in [-0.2, -0.15) is 0 Å². The molecule has 4 rings (SSSR count). The summed E-state index contributed by atoms with van der Waals surface area (Å²) in [5.74, 6) is -1.22. The minimum Gasteiger partial charge on any atom is -0.493 e. The van der Waals surface area contributed by atoms with Crippen LogP contribution in [0.3, 0.4) is 0 Å². The van der Waals surface area contributed by atoms with Gasteiger partial charge < -0.3 is 15.2 Å². The molecule has 2 heterocycles. The van der Waals surface area contributed by atoms with E-state index in [9.17, 15) is 19.5 Å². The SMILES string of the molecule is CCOC(=O)c1ccc(NC(=O)Cn2c(O)c(/C=C3\C=Nc4ccccc43)sc2=O)cc1. The average molecular weight is 449 g/mol. The lowest BCUT2D eigenvalue weighted by Crippen LogP contribution is -2.24. The summed E-state index contributed by atoms with van der Waals surface area (Å²) in [6, 6.07) is 13.8. The Morgan fingerprint density at radius 2 is 1.94 bits per heavy atom. The van der Waals surface area contributed by atoms with Crippen molar-refractivity contribution in [3.05, 3.63) is 74.2 Å². The largest absolute Gasteiger partial charge is 0.493 e. The summed E-state index contributed by atoms with van der Waals surface area (Å²) >= 11 is 0.849. The van der Waals surface area contributed by atoms with Crippen molar-refractivity contribution in [3.63, 3.8) is 0 Å². The number of hydrogen-bond acceptors (Lipinski definition) is 7. The van der Waals surface area contributed by atoms with Crippen LogP contribution in [0.25, 0.3) is 11.6 Å². The number of aliphatic imine (C=N–C) groups is 1. The number of para-hydroxylation sites is 1. The van der Waals surface area contributed by atoms with Gasteiger partial charge in [0.25, 0.3) is 0 Å². The van der Waals surface area contributed by atoms with E-state index < -0.39 is 16.7 Å². The fourth-order valence-corrected chi connectivity index (χ4v) is 4.03. The maximum atomic E-state index is 12.4. The Hall–Kier alpha value is -3.98. The van der Waals surface area contributed by atoms with Gasteiger partial charge >= 0.3 is 10.8 Å². The highest BCUT2D eigenvalue weighted by molar-refractivity contribution is 7.10. The third-order valence-corrected chi connectivity index (χ3v) is 5.63. The Morgan fingerprint density at radius 1 is 1.19 bits per heavy atom. The molecule has 2 N–H and O–H groups in total. The molecule has 0 spiro atoms. The highest BCUT2D eigenvalue weighted by atomic mass is 32.1.